The molecular formula is C19H25N3O6S. The molecule has 1 fully saturated rings. The molecule has 3 N–H and O–H groups in total. The number of hydrogen-bond acceptors (Lipinski definition) is 8. The Morgan fingerprint density at radius 3 is 2.83 bits per heavy atom. The maximum absolute atomic E-state index is 12.0. The van der Waals surface area contributed by atoms with E-state index in [1.165, 1.54) is 0 Å². The summed E-state index contributed by atoms with van der Waals surface area (Å²) in [6, 6.07) is 6.41. The number of nitrogens with two attached hydrogens (primary N) is 1. The number of ether oxygens (including phenoxy) is 1. The van der Waals surface area contributed by atoms with Gasteiger partial charge in [0, 0.05) is 24.7 Å². The number of likely N-dealkylation sites (tertiary alicyclic amines) is 1. The maximum Gasteiger partial charge on any atom is 0.264 e. The molecule has 0 spiro atoms. The van der Waals surface area contributed by atoms with Crippen molar-refractivity contribution in [1.29, 1.82) is 0 Å². The minimum Gasteiger partial charge on any atom is -0.497 e. The first-order chi connectivity index (χ1) is 13.7. The van der Waals surface area contributed by atoms with Crippen LogP contribution in [0.15, 0.2) is 30.5 Å². The predicted molar refractivity (Wildman–Crippen MR) is 107 cm³/mol. The van der Waals surface area contributed by atoms with Crippen molar-refractivity contribution in [2.24, 2.45) is 5.73 Å². The summed E-state index contributed by atoms with van der Waals surface area (Å²) in [5.41, 5.74) is 6.91. The first-order valence-electron chi connectivity index (χ1n) is 9.20. The number of methoxy groups -OCH3 is 1. The van der Waals surface area contributed by atoms with Gasteiger partial charge in [-0.2, -0.15) is 8.42 Å². The Kier molecular flexibility index (Phi) is 6.37. The van der Waals surface area contributed by atoms with E-state index in [1.807, 2.05) is 6.07 Å². The zero-order valence-corrected chi connectivity index (χ0v) is 17.1. The Balaban J connectivity index is 1.80. The lowest BCUT2D eigenvalue weighted by atomic mass is 9.97. The van der Waals surface area contributed by atoms with Crippen molar-refractivity contribution in [2.45, 2.75) is 31.1 Å². The molecule has 0 radical (unpaired) electrons. The van der Waals surface area contributed by atoms with E-state index in [-0.39, 0.29) is 13.0 Å². The van der Waals surface area contributed by atoms with Gasteiger partial charge in [-0.1, -0.05) is 0 Å². The molecule has 0 bridgehead atoms. The second-order valence-corrected chi connectivity index (χ2v) is 8.76. The third-order valence-corrected chi connectivity index (χ3v) is 5.68. The number of benzene rings is 1. The molecule has 1 aliphatic rings. The number of amides is 1. The highest BCUT2D eigenvalue weighted by atomic mass is 32.2. The number of primary amides is 1. The number of piperidine rings is 1. The van der Waals surface area contributed by atoms with Crippen molar-refractivity contribution >= 4 is 26.9 Å². The molecule has 0 aliphatic carbocycles. The second kappa shape index (κ2) is 8.62. The van der Waals surface area contributed by atoms with Gasteiger partial charge in [0.25, 0.3) is 10.1 Å². The van der Waals surface area contributed by atoms with Crippen LogP contribution < -0.4 is 10.5 Å². The number of aliphatic hydroxyl groups is 1. The maximum atomic E-state index is 12.0. The van der Waals surface area contributed by atoms with Gasteiger partial charge in [-0.05, 0) is 42.7 Å². The number of β-amino-alcohol motifs (C(OH)–C–C–N with tert-alkyl or cyclic N) is 1. The van der Waals surface area contributed by atoms with Crippen molar-refractivity contribution < 1.29 is 27.2 Å². The number of pyridine rings is 1. The summed E-state index contributed by atoms with van der Waals surface area (Å²) in [6.07, 6.45) is 1.65. The van der Waals surface area contributed by atoms with E-state index < -0.39 is 34.3 Å². The number of fused-ring (bicyclic) bond motifs is 1. The molecule has 9 nitrogen and oxygen atoms in total. The van der Waals surface area contributed by atoms with Crippen LogP contribution >= 0.6 is 0 Å². The van der Waals surface area contributed by atoms with Crippen LogP contribution in [0.3, 0.4) is 0 Å². The highest BCUT2D eigenvalue weighted by Crippen LogP contribution is 2.29. The van der Waals surface area contributed by atoms with Gasteiger partial charge in [0.1, 0.15) is 5.75 Å². The Labute approximate surface area is 169 Å². The first kappa shape index (κ1) is 21.4. The standard InChI is InChI=1S/C19H25N3O6S/c1-27-12-3-4-16-15(9-12)14(5-7-21-16)18(23)11-22-8-6-13(28-29(2,25)26)10-17(22)19(20)24/h3-5,7,9,13,17-18,23H,6,8,10-11H2,1-2H3,(H2,20,24)/t13?,17?,18-/m0/s1. The first-order valence-corrected chi connectivity index (χ1v) is 11.0. The number of nitrogens with zero attached hydrogens (tertiary/aromatic N) is 2. The van der Waals surface area contributed by atoms with Gasteiger partial charge < -0.3 is 15.6 Å². The number of carbonyl (C=O) groups excluding carboxylic acids is 1. The number of aromatic nitrogens is 1. The van der Waals surface area contributed by atoms with Gasteiger partial charge >= 0.3 is 0 Å². The third-order valence-electron chi connectivity index (χ3n) is 5.05. The van der Waals surface area contributed by atoms with Crippen LogP contribution in [0.2, 0.25) is 0 Å². The van der Waals surface area contributed by atoms with Crippen LogP contribution in [0, 0.1) is 0 Å². The lowest BCUT2D eigenvalue weighted by Gasteiger charge is -2.38. The summed E-state index contributed by atoms with van der Waals surface area (Å²) in [6.45, 7) is 0.534. The molecule has 1 amide bonds. The smallest absolute Gasteiger partial charge is 0.264 e. The van der Waals surface area contributed by atoms with Gasteiger partial charge in [-0.25, -0.2) is 0 Å². The zero-order valence-electron chi connectivity index (χ0n) is 16.3. The normalized spacial score (nSPS) is 21.8. The van der Waals surface area contributed by atoms with E-state index in [0.717, 1.165) is 11.6 Å². The molecule has 1 aromatic heterocycles. The average Bonchev–Trinajstić information content (AvgIpc) is 2.66. The Bertz CT molecular complexity index is 997. The molecule has 1 aromatic carbocycles. The van der Waals surface area contributed by atoms with Gasteiger partial charge in [-0.3, -0.25) is 18.9 Å². The van der Waals surface area contributed by atoms with Crippen LogP contribution in [0.1, 0.15) is 24.5 Å². The van der Waals surface area contributed by atoms with Crippen molar-refractivity contribution in [3.05, 3.63) is 36.0 Å². The number of hydrogen-bond donors (Lipinski definition) is 2. The topological polar surface area (TPSA) is 132 Å². The summed E-state index contributed by atoms with van der Waals surface area (Å²) in [5.74, 6) is 0.0629. The van der Waals surface area contributed by atoms with E-state index in [4.69, 9.17) is 14.7 Å². The highest BCUT2D eigenvalue weighted by molar-refractivity contribution is 7.86. The van der Waals surface area contributed by atoms with Crippen LogP contribution in [-0.2, 0) is 19.1 Å². The fourth-order valence-corrected chi connectivity index (χ4v) is 4.38. The average molecular weight is 423 g/mol. The fraction of sp³-hybridized carbons (Fsp3) is 0.474. The predicted octanol–water partition coefficient (Wildman–Crippen LogP) is 0.571. The van der Waals surface area contributed by atoms with Crippen molar-refractivity contribution in [1.82, 2.24) is 9.88 Å². The quantitative estimate of drug-likeness (QED) is 0.618. The van der Waals surface area contributed by atoms with E-state index in [0.29, 0.717) is 29.8 Å². The molecule has 3 atom stereocenters. The van der Waals surface area contributed by atoms with E-state index >= 15 is 0 Å². The van der Waals surface area contributed by atoms with Gasteiger partial charge in [0.2, 0.25) is 5.91 Å². The SMILES string of the molecule is COc1ccc2nccc([C@@H](O)CN3CCC(OS(C)(=O)=O)CC3C(N)=O)c2c1. The molecule has 2 aromatic rings. The second-order valence-electron chi connectivity index (χ2n) is 7.16. The summed E-state index contributed by atoms with van der Waals surface area (Å²) >= 11 is 0. The molecule has 2 heterocycles. The third kappa shape index (κ3) is 5.21. The van der Waals surface area contributed by atoms with Crippen molar-refractivity contribution in [2.75, 3.05) is 26.5 Å². The zero-order chi connectivity index (χ0) is 21.2. The van der Waals surface area contributed by atoms with Crippen molar-refractivity contribution in [3.8, 4) is 5.75 Å². The summed E-state index contributed by atoms with van der Waals surface area (Å²) < 4.78 is 33.1. The summed E-state index contributed by atoms with van der Waals surface area (Å²) in [7, 11) is -2.06. The van der Waals surface area contributed by atoms with E-state index in [9.17, 15) is 18.3 Å². The number of aliphatic hydroxyl groups excluding tert-OH is 1. The van der Waals surface area contributed by atoms with E-state index in [1.54, 1.807) is 36.4 Å². The molecule has 29 heavy (non-hydrogen) atoms. The fourth-order valence-electron chi connectivity index (χ4n) is 3.72. The van der Waals surface area contributed by atoms with Crippen molar-refractivity contribution in [3.63, 3.8) is 0 Å². The van der Waals surface area contributed by atoms with Crippen LogP contribution in [0.5, 0.6) is 5.75 Å². The minimum absolute atomic E-state index is 0.153. The lowest BCUT2D eigenvalue weighted by molar-refractivity contribution is -0.126. The highest BCUT2D eigenvalue weighted by Gasteiger charge is 2.35. The Morgan fingerprint density at radius 1 is 1.41 bits per heavy atom. The molecule has 1 aliphatic heterocycles. The minimum atomic E-state index is -3.63. The Morgan fingerprint density at radius 2 is 2.17 bits per heavy atom. The number of carbonyl (C=O) groups is 1. The van der Waals surface area contributed by atoms with Crippen LogP contribution in [0.25, 0.3) is 10.9 Å². The largest absolute Gasteiger partial charge is 0.497 e. The molecule has 0 saturated carbocycles. The molecule has 10 heteroatoms. The van der Waals surface area contributed by atoms with Gasteiger partial charge in [-0.15, -0.1) is 0 Å². The number of rotatable bonds is 7. The monoisotopic (exact) mass is 423 g/mol. The molecule has 1 saturated heterocycles. The molecule has 2 unspecified atom stereocenters. The molecular weight excluding hydrogens is 398 g/mol. The van der Waals surface area contributed by atoms with Crippen LogP contribution in [-0.4, -0.2) is 67.9 Å². The Hall–Kier alpha value is -2.27. The van der Waals surface area contributed by atoms with Crippen LogP contribution in [0.4, 0.5) is 0 Å². The van der Waals surface area contributed by atoms with Gasteiger partial charge in [0.05, 0.1) is 37.1 Å². The summed E-state index contributed by atoms with van der Waals surface area (Å²) in [5, 5.41) is 11.7. The van der Waals surface area contributed by atoms with E-state index in [2.05, 4.69) is 4.98 Å². The lowest BCUT2D eigenvalue weighted by Crippen LogP contribution is -2.52. The molecule has 158 valence electrons. The van der Waals surface area contributed by atoms with Gasteiger partial charge in [0.15, 0.2) is 0 Å². The molecule has 3 rings (SSSR count). The summed E-state index contributed by atoms with van der Waals surface area (Å²) in [4.78, 5) is 18.0.